The summed E-state index contributed by atoms with van der Waals surface area (Å²) in [6.07, 6.45) is 2.65. The van der Waals surface area contributed by atoms with Crippen LogP contribution >= 0.6 is 0 Å². The predicted octanol–water partition coefficient (Wildman–Crippen LogP) is 1.82. The van der Waals surface area contributed by atoms with Gasteiger partial charge in [0.25, 0.3) is 0 Å². The summed E-state index contributed by atoms with van der Waals surface area (Å²) in [6.45, 7) is 0.157. The maximum Gasteiger partial charge on any atom is 0.0626 e. The van der Waals surface area contributed by atoms with Gasteiger partial charge < -0.3 is 10.4 Å². The van der Waals surface area contributed by atoms with Gasteiger partial charge in [-0.25, -0.2) is 0 Å². The first kappa shape index (κ1) is 9.69. The van der Waals surface area contributed by atoms with E-state index in [9.17, 15) is 0 Å². The molecule has 1 saturated carbocycles. The van der Waals surface area contributed by atoms with Gasteiger partial charge in [-0.05, 0) is 36.9 Å². The average Bonchev–Trinajstić information content (AvgIpc) is 3.03. The fraction of sp³-hybridized carbons (Fsp3) is 0.500. The van der Waals surface area contributed by atoms with Crippen molar-refractivity contribution in [1.82, 2.24) is 5.32 Å². The van der Waals surface area contributed by atoms with E-state index in [4.69, 9.17) is 5.11 Å². The molecule has 1 atom stereocenters. The summed E-state index contributed by atoms with van der Waals surface area (Å²) in [6, 6.07) is 8.64. The minimum Gasteiger partial charge on any atom is -0.394 e. The third kappa shape index (κ3) is 1.97. The van der Waals surface area contributed by atoms with Gasteiger partial charge in [0.1, 0.15) is 0 Å². The molecule has 0 aliphatic heterocycles. The van der Waals surface area contributed by atoms with Crippen LogP contribution in [-0.2, 0) is 0 Å². The quantitative estimate of drug-likeness (QED) is 0.761. The Morgan fingerprint density at radius 2 is 2.29 bits per heavy atom. The highest BCUT2D eigenvalue weighted by Gasteiger charge is 2.23. The number of likely N-dealkylation sites (N-methyl/N-ethyl adjacent to an activating group) is 1. The van der Waals surface area contributed by atoms with Gasteiger partial charge in [0.05, 0.1) is 12.6 Å². The zero-order chi connectivity index (χ0) is 9.97. The average molecular weight is 191 g/mol. The zero-order valence-corrected chi connectivity index (χ0v) is 8.53. The summed E-state index contributed by atoms with van der Waals surface area (Å²) < 4.78 is 0. The van der Waals surface area contributed by atoms with Crippen LogP contribution in [0.5, 0.6) is 0 Å². The highest BCUT2D eigenvalue weighted by molar-refractivity contribution is 5.30. The van der Waals surface area contributed by atoms with Crippen LogP contribution < -0.4 is 5.32 Å². The molecular weight excluding hydrogens is 174 g/mol. The van der Waals surface area contributed by atoms with Crippen molar-refractivity contribution in [1.29, 1.82) is 0 Å². The van der Waals surface area contributed by atoms with Gasteiger partial charge in [-0.3, -0.25) is 0 Å². The number of aliphatic hydroxyl groups excluding tert-OH is 1. The molecule has 1 aliphatic rings. The molecule has 0 heterocycles. The SMILES string of the molecule is CNC(CO)c1cccc(C2CC2)c1. The van der Waals surface area contributed by atoms with Gasteiger partial charge in [0, 0.05) is 0 Å². The standard InChI is InChI=1S/C12H17NO/c1-13-12(8-14)11-4-2-3-10(7-11)9-5-6-9/h2-4,7,9,12-14H,5-6,8H2,1H3. The number of hydrogen-bond donors (Lipinski definition) is 2. The van der Waals surface area contributed by atoms with Crippen molar-refractivity contribution in [2.75, 3.05) is 13.7 Å². The van der Waals surface area contributed by atoms with E-state index in [2.05, 4.69) is 29.6 Å². The highest BCUT2D eigenvalue weighted by atomic mass is 16.3. The molecule has 1 aromatic carbocycles. The summed E-state index contributed by atoms with van der Waals surface area (Å²) in [5.74, 6) is 0.783. The fourth-order valence-electron chi connectivity index (χ4n) is 1.81. The predicted molar refractivity (Wildman–Crippen MR) is 57.3 cm³/mol. The molecule has 2 heteroatoms. The van der Waals surface area contributed by atoms with Crippen molar-refractivity contribution in [3.63, 3.8) is 0 Å². The summed E-state index contributed by atoms with van der Waals surface area (Å²) in [5.41, 5.74) is 2.62. The Morgan fingerprint density at radius 1 is 1.50 bits per heavy atom. The Labute approximate surface area is 85.0 Å². The minimum atomic E-state index is 0.0775. The summed E-state index contributed by atoms with van der Waals surface area (Å²) in [7, 11) is 1.88. The van der Waals surface area contributed by atoms with Gasteiger partial charge in [-0.15, -0.1) is 0 Å². The second kappa shape index (κ2) is 4.11. The first-order valence-electron chi connectivity index (χ1n) is 5.23. The Balaban J connectivity index is 2.19. The lowest BCUT2D eigenvalue weighted by Gasteiger charge is -2.14. The van der Waals surface area contributed by atoms with E-state index >= 15 is 0 Å². The summed E-state index contributed by atoms with van der Waals surface area (Å²) in [4.78, 5) is 0. The van der Waals surface area contributed by atoms with Crippen LogP contribution in [0.4, 0.5) is 0 Å². The molecule has 0 spiro atoms. The Hall–Kier alpha value is -0.860. The maximum absolute atomic E-state index is 9.16. The van der Waals surface area contributed by atoms with E-state index in [0.717, 1.165) is 5.92 Å². The van der Waals surface area contributed by atoms with Crippen LogP contribution in [0.25, 0.3) is 0 Å². The largest absolute Gasteiger partial charge is 0.394 e. The van der Waals surface area contributed by atoms with Crippen molar-refractivity contribution < 1.29 is 5.11 Å². The van der Waals surface area contributed by atoms with Crippen molar-refractivity contribution in [2.45, 2.75) is 24.8 Å². The van der Waals surface area contributed by atoms with Gasteiger partial charge in [0.2, 0.25) is 0 Å². The smallest absolute Gasteiger partial charge is 0.0626 e. The van der Waals surface area contributed by atoms with Crippen LogP contribution in [-0.4, -0.2) is 18.8 Å². The maximum atomic E-state index is 9.16. The molecule has 1 aromatic rings. The van der Waals surface area contributed by atoms with Gasteiger partial charge in [-0.2, -0.15) is 0 Å². The van der Waals surface area contributed by atoms with E-state index in [0.29, 0.717) is 0 Å². The van der Waals surface area contributed by atoms with Crippen LogP contribution in [0.1, 0.15) is 35.9 Å². The van der Waals surface area contributed by atoms with Crippen molar-refractivity contribution in [3.8, 4) is 0 Å². The number of rotatable bonds is 4. The zero-order valence-electron chi connectivity index (χ0n) is 8.53. The van der Waals surface area contributed by atoms with E-state index in [-0.39, 0.29) is 12.6 Å². The van der Waals surface area contributed by atoms with Crippen molar-refractivity contribution >= 4 is 0 Å². The Kier molecular flexibility index (Phi) is 2.85. The third-order valence-electron chi connectivity index (χ3n) is 2.89. The molecule has 2 rings (SSSR count). The molecule has 0 amide bonds. The Morgan fingerprint density at radius 3 is 2.86 bits per heavy atom. The monoisotopic (exact) mass is 191 g/mol. The number of benzene rings is 1. The van der Waals surface area contributed by atoms with Gasteiger partial charge in [0.15, 0.2) is 0 Å². The molecular formula is C12H17NO. The first-order valence-corrected chi connectivity index (χ1v) is 5.23. The summed E-state index contributed by atoms with van der Waals surface area (Å²) >= 11 is 0. The van der Waals surface area contributed by atoms with Crippen molar-refractivity contribution in [2.24, 2.45) is 0 Å². The lowest BCUT2D eigenvalue weighted by atomic mass is 10.0. The van der Waals surface area contributed by atoms with Crippen molar-refractivity contribution in [3.05, 3.63) is 35.4 Å². The second-order valence-electron chi connectivity index (χ2n) is 3.97. The molecule has 14 heavy (non-hydrogen) atoms. The van der Waals surface area contributed by atoms with E-state index < -0.39 is 0 Å². The topological polar surface area (TPSA) is 32.3 Å². The second-order valence-corrected chi connectivity index (χ2v) is 3.97. The molecule has 1 aliphatic carbocycles. The molecule has 1 fully saturated rings. The van der Waals surface area contributed by atoms with Crippen LogP contribution in [0.2, 0.25) is 0 Å². The first-order chi connectivity index (χ1) is 6.85. The number of hydrogen-bond acceptors (Lipinski definition) is 2. The molecule has 0 aromatic heterocycles. The third-order valence-corrected chi connectivity index (χ3v) is 2.89. The molecule has 0 bridgehead atoms. The molecule has 2 nitrogen and oxygen atoms in total. The molecule has 0 saturated heterocycles. The highest BCUT2D eigenvalue weighted by Crippen LogP contribution is 2.40. The number of aliphatic hydroxyl groups is 1. The minimum absolute atomic E-state index is 0.0775. The lowest BCUT2D eigenvalue weighted by Crippen LogP contribution is -2.19. The van der Waals surface area contributed by atoms with E-state index in [1.165, 1.54) is 24.0 Å². The van der Waals surface area contributed by atoms with Gasteiger partial charge >= 0.3 is 0 Å². The molecule has 76 valence electrons. The van der Waals surface area contributed by atoms with E-state index in [1.807, 2.05) is 7.05 Å². The van der Waals surface area contributed by atoms with Gasteiger partial charge in [-0.1, -0.05) is 24.3 Å². The van der Waals surface area contributed by atoms with E-state index in [1.54, 1.807) is 0 Å². The summed E-state index contributed by atoms with van der Waals surface area (Å²) in [5, 5.41) is 12.3. The van der Waals surface area contributed by atoms with Crippen LogP contribution in [0.3, 0.4) is 0 Å². The normalized spacial score (nSPS) is 18.1. The molecule has 0 radical (unpaired) electrons. The fourth-order valence-corrected chi connectivity index (χ4v) is 1.81. The molecule has 2 N–H and O–H groups in total. The van der Waals surface area contributed by atoms with Crippen LogP contribution in [0.15, 0.2) is 24.3 Å². The van der Waals surface area contributed by atoms with Crippen LogP contribution in [0, 0.1) is 0 Å². The Bertz CT molecular complexity index is 303. The number of nitrogens with one attached hydrogen (secondary N) is 1. The molecule has 1 unspecified atom stereocenters. The lowest BCUT2D eigenvalue weighted by molar-refractivity contribution is 0.251.